The molecule has 2 nitrogen and oxygen atoms in total. The van der Waals surface area contributed by atoms with Crippen molar-refractivity contribution in [3.8, 4) is 0 Å². The monoisotopic (exact) mass is 227 g/mol. The second kappa shape index (κ2) is 4.36. The number of fused-ring (bicyclic) bond motifs is 1. The van der Waals surface area contributed by atoms with Gasteiger partial charge in [-0.25, -0.2) is 0 Å². The molecule has 1 N–H and O–H groups in total. The van der Waals surface area contributed by atoms with Gasteiger partial charge in [0.25, 0.3) is 5.56 Å². The average Bonchev–Trinajstić information content (AvgIpc) is 2.39. The molecular weight excluding hydrogens is 210 g/mol. The van der Waals surface area contributed by atoms with Crippen LogP contribution in [0.25, 0.3) is 10.9 Å². The minimum atomic E-state index is 0.107. The third kappa shape index (κ3) is 1.99. The number of nitrogens with one attached hydrogen (secondary N) is 1. The van der Waals surface area contributed by atoms with Gasteiger partial charge in [0.2, 0.25) is 0 Å². The fourth-order valence-electron chi connectivity index (χ4n) is 2.88. The largest absolute Gasteiger partial charge is 0.322 e. The average molecular weight is 227 g/mol. The highest BCUT2D eigenvalue weighted by atomic mass is 16.1. The summed E-state index contributed by atoms with van der Waals surface area (Å²) in [5.74, 6) is 0.470. The zero-order chi connectivity index (χ0) is 11.7. The lowest BCUT2D eigenvalue weighted by molar-refractivity contribution is 0.441. The second-order valence-electron chi connectivity index (χ2n) is 4.98. The van der Waals surface area contributed by atoms with Crippen molar-refractivity contribution in [3.63, 3.8) is 0 Å². The molecule has 0 amide bonds. The molecule has 0 radical (unpaired) electrons. The van der Waals surface area contributed by atoms with E-state index in [2.05, 4.69) is 17.1 Å². The Morgan fingerprint density at radius 2 is 1.82 bits per heavy atom. The highest BCUT2D eigenvalue weighted by Gasteiger charge is 2.18. The van der Waals surface area contributed by atoms with Crippen LogP contribution in [0.3, 0.4) is 0 Å². The SMILES string of the molecule is O=c1[nH]c2ccccc2cc1C1CCCCC1. The summed E-state index contributed by atoms with van der Waals surface area (Å²) in [5.41, 5.74) is 2.04. The summed E-state index contributed by atoms with van der Waals surface area (Å²) >= 11 is 0. The molecule has 0 aliphatic heterocycles. The molecular formula is C15H17NO. The van der Waals surface area contributed by atoms with Crippen molar-refractivity contribution < 1.29 is 0 Å². The fourth-order valence-corrected chi connectivity index (χ4v) is 2.88. The van der Waals surface area contributed by atoms with E-state index in [9.17, 15) is 4.79 Å². The molecule has 0 atom stereocenters. The number of aromatic nitrogens is 1. The van der Waals surface area contributed by atoms with Gasteiger partial charge in [-0.1, -0.05) is 37.5 Å². The lowest BCUT2D eigenvalue weighted by Crippen LogP contribution is -2.18. The predicted molar refractivity (Wildman–Crippen MR) is 70.4 cm³/mol. The Balaban J connectivity index is 2.09. The Hall–Kier alpha value is -1.57. The van der Waals surface area contributed by atoms with Gasteiger partial charge in [0.1, 0.15) is 0 Å². The standard InChI is InChI=1S/C15H17NO/c17-15-13(11-6-2-1-3-7-11)10-12-8-4-5-9-14(12)16-15/h4-5,8-11H,1-3,6-7H2,(H,16,17). The van der Waals surface area contributed by atoms with Crippen LogP contribution in [0.1, 0.15) is 43.6 Å². The topological polar surface area (TPSA) is 32.9 Å². The van der Waals surface area contributed by atoms with Gasteiger partial charge in [-0.05, 0) is 36.3 Å². The van der Waals surface area contributed by atoms with Crippen molar-refractivity contribution in [2.24, 2.45) is 0 Å². The van der Waals surface area contributed by atoms with E-state index in [1.807, 2.05) is 18.2 Å². The van der Waals surface area contributed by atoms with Gasteiger partial charge in [-0.15, -0.1) is 0 Å². The fraction of sp³-hybridized carbons (Fsp3) is 0.400. The van der Waals surface area contributed by atoms with E-state index in [0.29, 0.717) is 5.92 Å². The lowest BCUT2D eigenvalue weighted by Gasteiger charge is -2.21. The normalized spacial score (nSPS) is 17.4. The molecule has 2 aromatic rings. The number of hydrogen-bond donors (Lipinski definition) is 1. The summed E-state index contributed by atoms with van der Waals surface area (Å²) in [7, 11) is 0. The Morgan fingerprint density at radius 1 is 1.06 bits per heavy atom. The minimum Gasteiger partial charge on any atom is -0.322 e. The predicted octanol–water partition coefficient (Wildman–Crippen LogP) is 3.58. The van der Waals surface area contributed by atoms with Crippen molar-refractivity contribution in [2.75, 3.05) is 0 Å². The molecule has 1 aliphatic rings. The first kappa shape index (κ1) is 10.6. The van der Waals surface area contributed by atoms with E-state index in [1.165, 1.54) is 32.1 Å². The van der Waals surface area contributed by atoms with Crippen LogP contribution in [-0.2, 0) is 0 Å². The van der Waals surface area contributed by atoms with Gasteiger partial charge in [-0.3, -0.25) is 4.79 Å². The molecule has 3 rings (SSSR count). The molecule has 2 heteroatoms. The van der Waals surface area contributed by atoms with Gasteiger partial charge in [0.05, 0.1) is 0 Å². The Bertz CT molecular complexity index is 579. The number of pyridine rings is 1. The molecule has 1 aromatic heterocycles. The maximum atomic E-state index is 12.1. The summed E-state index contributed by atoms with van der Waals surface area (Å²) in [6.45, 7) is 0. The van der Waals surface area contributed by atoms with E-state index in [4.69, 9.17) is 0 Å². The first-order chi connectivity index (χ1) is 8.34. The third-order valence-corrected chi connectivity index (χ3v) is 3.83. The third-order valence-electron chi connectivity index (χ3n) is 3.83. The molecule has 0 bridgehead atoms. The second-order valence-corrected chi connectivity index (χ2v) is 4.98. The van der Waals surface area contributed by atoms with Gasteiger partial charge in [-0.2, -0.15) is 0 Å². The zero-order valence-corrected chi connectivity index (χ0v) is 9.91. The van der Waals surface area contributed by atoms with Crippen LogP contribution in [0, 0.1) is 0 Å². The van der Waals surface area contributed by atoms with Crippen LogP contribution in [0.4, 0.5) is 0 Å². The number of benzene rings is 1. The number of H-pyrrole nitrogens is 1. The summed E-state index contributed by atoms with van der Waals surface area (Å²) in [6.07, 6.45) is 6.18. The van der Waals surface area contributed by atoms with Crippen molar-refractivity contribution in [1.29, 1.82) is 0 Å². The maximum absolute atomic E-state index is 12.1. The van der Waals surface area contributed by atoms with Crippen molar-refractivity contribution in [2.45, 2.75) is 38.0 Å². The number of rotatable bonds is 1. The van der Waals surface area contributed by atoms with Gasteiger partial charge >= 0.3 is 0 Å². The quantitative estimate of drug-likeness (QED) is 0.793. The molecule has 17 heavy (non-hydrogen) atoms. The van der Waals surface area contributed by atoms with E-state index in [0.717, 1.165) is 16.5 Å². The number of para-hydroxylation sites is 1. The van der Waals surface area contributed by atoms with Crippen LogP contribution < -0.4 is 5.56 Å². The minimum absolute atomic E-state index is 0.107. The summed E-state index contributed by atoms with van der Waals surface area (Å²) in [4.78, 5) is 15.1. The Morgan fingerprint density at radius 3 is 2.65 bits per heavy atom. The summed E-state index contributed by atoms with van der Waals surface area (Å²) < 4.78 is 0. The molecule has 1 aliphatic carbocycles. The first-order valence-corrected chi connectivity index (χ1v) is 6.46. The summed E-state index contributed by atoms with van der Waals surface area (Å²) in [6, 6.07) is 10.1. The molecule has 1 saturated carbocycles. The molecule has 1 fully saturated rings. The molecule has 88 valence electrons. The molecule has 0 saturated heterocycles. The lowest BCUT2D eigenvalue weighted by atomic mass is 9.84. The van der Waals surface area contributed by atoms with Crippen molar-refractivity contribution in [1.82, 2.24) is 4.98 Å². The van der Waals surface area contributed by atoms with Crippen molar-refractivity contribution >= 4 is 10.9 Å². The van der Waals surface area contributed by atoms with Gasteiger partial charge in [0.15, 0.2) is 0 Å². The Kier molecular flexibility index (Phi) is 2.71. The highest BCUT2D eigenvalue weighted by Crippen LogP contribution is 2.31. The number of aromatic amines is 1. The smallest absolute Gasteiger partial charge is 0.251 e. The van der Waals surface area contributed by atoms with Crippen LogP contribution >= 0.6 is 0 Å². The zero-order valence-electron chi connectivity index (χ0n) is 9.91. The van der Waals surface area contributed by atoms with Crippen LogP contribution in [-0.4, -0.2) is 4.98 Å². The van der Waals surface area contributed by atoms with Crippen molar-refractivity contribution in [3.05, 3.63) is 46.2 Å². The molecule has 0 unspecified atom stereocenters. The van der Waals surface area contributed by atoms with E-state index in [1.54, 1.807) is 0 Å². The number of hydrogen-bond acceptors (Lipinski definition) is 1. The van der Waals surface area contributed by atoms with Crippen LogP contribution in [0.2, 0.25) is 0 Å². The van der Waals surface area contributed by atoms with E-state index < -0.39 is 0 Å². The van der Waals surface area contributed by atoms with E-state index >= 15 is 0 Å². The Labute approximate surface area is 101 Å². The van der Waals surface area contributed by atoms with Gasteiger partial charge < -0.3 is 4.98 Å². The maximum Gasteiger partial charge on any atom is 0.251 e. The van der Waals surface area contributed by atoms with Crippen LogP contribution in [0.5, 0.6) is 0 Å². The molecule has 1 aromatic carbocycles. The molecule has 1 heterocycles. The first-order valence-electron chi connectivity index (χ1n) is 6.46. The summed E-state index contributed by atoms with van der Waals surface area (Å²) in [5, 5.41) is 1.15. The molecule has 0 spiro atoms. The van der Waals surface area contributed by atoms with E-state index in [-0.39, 0.29) is 5.56 Å². The van der Waals surface area contributed by atoms with Gasteiger partial charge in [0, 0.05) is 11.1 Å². The van der Waals surface area contributed by atoms with Crippen LogP contribution in [0.15, 0.2) is 35.1 Å². The highest BCUT2D eigenvalue weighted by molar-refractivity contribution is 5.78.